The molecule has 3 aromatic rings. The molecule has 5 nitrogen and oxygen atoms in total. The van der Waals surface area contributed by atoms with E-state index in [1.54, 1.807) is 11.1 Å². The number of aliphatic hydroxyl groups is 1. The molecule has 1 unspecified atom stereocenters. The summed E-state index contributed by atoms with van der Waals surface area (Å²) in [5.41, 5.74) is 3.67. The Kier molecular flexibility index (Phi) is 5.12. The van der Waals surface area contributed by atoms with Crippen molar-refractivity contribution in [3.8, 4) is 0 Å². The van der Waals surface area contributed by atoms with Gasteiger partial charge in [0.15, 0.2) is 0 Å². The van der Waals surface area contributed by atoms with Crippen LogP contribution in [0.1, 0.15) is 68.2 Å². The maximum absolute atomic E-state index is 13.3. The average molecular weight is 429 g/mol. The van der Waals surface area contributed by atoms with E-state index in [2.05, 4.69) is 31.0 Å². The number of nitrogens with one attached hydrogen (secondary N) is 1. The second kappa shape index (κ2) is 7.97. The first-order chi connectivity index (χ1) is 15.5. The Morgan fingerprint density at radius 1 is 1.03 bits per heavy atom. The second-order valence-electron chi connectivity index (χ2n) is 9.21. The number of carbonyl (C=O) groups excluding carboxylic acids is 2. The number of fused-ring (bicyclic) bond motifs is 1. The van der Waals surface area contributed by atoms with E-state index in [0.717, 1.165) is 42.1 Å². The molecule has 1 saturated carbocycles. The molecule has 5 rings (SSSR count). The van der Waals surface area contributed by atoms with Crippen LogP contribution >= 0.6 is 0 Å². The Bertz CT molecular complexity index is 1210. The van der Waals surface area contributed by atoms with E-state index in [4.69, 9.17) is 0 Å². The van der Waals surface area contributed by atoms with Crippen LogP contribution < -0.4 is 0 Å². The Morgan fingerprint density at radius 3 is 2.41 bits per heavy atom. The van der Waals surface area contributed by atoms with Gasteiger partial charge in [0, 0.05) is 28.7 Å². The predicted molar refractivity (Wildman–Crippen MR) is 125 cm³/mol. The molecule has 1 aromatic heterocycles. The number of carbonyl (C=O) groups is 2. The molecule has 1 saturated heterocycles. The molecular weight excluding hydrogens is 400 g/mol. The van der Waals surface area contributed by atoms with Crippen LogP contribution in [-0.4, -0.2) is 32.7 Å². The number of aromatic amines is 1. The molecule has 2 aromatic carbocycles. The van der Waals surface area contributed by atoms with Crippen LogP contribution in [0, 0.1) is 0 Å². The van der Waals surface area contributed by atoms with E-state index >= 15 is 0 Å². The highest BCUT2D eigenvalue weighted by molar-refractivity contribution is 6.46. The van der Waals surface area contributed by atoms with Crippen molar-refractivity contribution in [2.24, 2.45) is 0 Å². The van der Waals surface area contributed by atoms with Crippen molar-refractivity contribution < 1.29 is 14.7 Å². The van der Waals surface area contributed by atoms with Gasteiger partial charge in [-0.25, -0.2) is 0 Å². The van der Waals surface area contributed by atoms with Crippen molar-refractivity contribution in [3.63, 3.8) is 0 Å². The number of hydrogen-bond acceptors (Lipinski definition) is 3. The summed E-state index contributed by atoms with van der Waals surface area (Å²) in [6.45, 7) is 4.27. The average Bonchev–Trinajstić information content (AvgIpc) is 3.52. The minimum absolute atomic E-state index is 0.0227. The van der Waals surface area contributed by atoms with Gasteiger partial charge in [-0.3, -0.25) is 9.59 Å². The number of amides is 1. The first kappa shape index (κ1) is 20.6. The van der Waals surface area contributed by atoms with Crippen LogP contribution in [0.15, 0.2) is 60.3 Å². The highest BCUT2D eigenvalue weighted by atomic mass is 16.3. The number of H-pyrrole nitrogens is 1. The maximum atomic E-state index is 13.3. The van der Waals surface area contributed by atoms with Gasteiger partial charge in [0.05, 0.1) is 11.6 Å². The molecule has 0 spiro atoms. The molecule has 2 N–H and O–H groups in total. The zero-order chi connectivity index (χ0) is 22.4. The van der Waals surface area contributed by atoms with E-state index in [-0.39, 0.29) is 17.4 Å². The third-order valence-electron chi connectivity index (χ3n) is 6.96. The van der Waals surface area contributed by atoms with Gasteiger partial charge in [0.25, 0.3) is 11.7 Å². The van der Waals surface area contributed by atoms with Crippen molar-refractivity contribution >= 4 is 28.4 Å². The standard InChI is InChI=1S/C27H28N2O3/c1-16(2)17-11-13-18(14-12-17)24-23(26(31)27(32)29(24)19-7-3-4-8-19)25(30)21-15-28-22-10-6-5-9-20(21)22/h5-6,9-16,19,24,28,30H,3-4,7-8H2,1-2H3/b25-23-. The number of para-hydroxylation sites is 1. The van der Waals surface area contributed by atoms with Gasteiger partial charge in [0.2, 0.25) is 0 Å². The largest absolute Gasteiger partial charge is 0.507 e. The lowest BCUT2D eigenvalue weighted by atomic mass is 9.92. The van der Waals surface area contributed by atoms with Crippen molar-refractivity contribution in [3.05, 3.63) is 77.0 Å². The Morgan fingerprint density at radius 2 is 1.72 bits per heavy atom. The lowest BCUT2D eigenvalue weighted by Crippen LogP contribution is -2.37. The Labute approximate surface area is 187 Å². The minimum Gasteiger partial charge on any atom is -0.507 e. The fraction of sp³-hybridized carbons (Fsp3) is 0.333. The van der Waals surface area contributed by atoms with Crippen molar-refractivity contribution in [2.45, 2.75) is 57.5 Å². The lowest BCUT2D eigenvalue weighted by molar-refractivity contribution is -0.141. The summed E-state index contributed by atoms with van der Waals surface area (Å²) in [7, 11) is 0. The monoisotopic (exact) mass is 428 g/mol. The van der Waals surface area contributed by atoms with Crippen molar-refractivity contribution in [1.82, 2.24) is 9.88 Å². The number of ketones is 1. The zero-order valence-corrected chi connectivity index (χ0v) is 18.5. The molecular formula is C27H28N2O3. The SMILES string of the molecule is CC(C)c1ccc(C2/C(=C(/O)c3c[nH]c4ccccc34)C(=O)C(=O)N2C2CCCC2)cc1. The van der Waals surface area contributed by atoms with Gasteiger partial charge in [0.1, 0.15) is 5.76 Å². The molecule has 2 fully saturated rings. The first-order valence-electron chi connectivity index (χ1n) is 11.4. The molecule has 1 aliphatic heterocycles. The molecule has 5 heteroatoms. The van der Waals surface area contributed by atoms with E-state index in [1.165, 1.54) is 5.56 Å². The van der Waals surface area contributed by atoms with Gasteiger partial charge in [-0.05, 0) is 36.0 Å². The number of nitrogens with zero attached hydrogens (tertiary/aromatic N) is 1. The first-order valence-corrected chi connectivity index (χ1v) is 11.4. The van der Waals surface area contributed by atoms with E-state index in [0.29, 0.717) is 11.5 Å². The number of hydrogen-bond donors (Lipinski definition) is 2. The third kappa shape index (κ3) is 3.24. The number of rotatable bonds is 4. The van der Waals surface area contributed by atoms with Crippen LogP contribution in [0.25, 0.3) is 16.7 Å². The van der Waals surface area contributed by atoms with Crippen molar-refractivity contribution in [1.29, 1.82) is 0 Å². The fourth-order valence-electron chi connectivity index (χ4n) is 5.21. The van der Waals surface area contributed by atoms with Crippen LogP contribution in [0.3, 0.4) is 0 Å². The van der Waals surface area contributed by atoms with Gasteiger partial charge < -0.3 is 15.0 Å². The van der Waals surface area contributed by atoms with Crippen LogP contribution in [-0.2, 0) is 9.59 Å². The third-order valence-corrected chi connectivity index (χ3v) is 6.96. The predicted octanol–water partition coefficient (Wildman–Crippen LogP) is 5.66. The summed E-state index contributed by atoms with van der Waals surface area (Å²) in [5.74, 6) is -0.829. The van der Waals surface area contributed by atoms with Crippen LogP contribution in [0.2, 0.25) is 0 Å². The van der Waals surface area contributed by atoms with Crippen LogP contribution in [0.5, 0.6) is 0 Å². The highest BCUT2D eigenvalue weighted by Crippen LogP contribution is 2.44. The van der Waals surface area contributed by atoms with Gasteiger partial charge in [-0.2, -0.15) is 0 Å². The highest BCUT2D eigenvalue weighted by Gasteiger charge is 2.49. The van der Waals surface area contributed by atoms with Gasteiger partial charge >= 0.3 is 0 Å². The summed E-state index contributed by atoms with van der Waals surface area (Å²) in [4.78, 5) is 31.4. The number of likely N-dealkylation sites (tertiary alicyclic amines) is 1. The molecule has 1 aliphatic carbocycles. The van der Waals surface area contributed by atoms with E-state index in [9.17, 15) is 14.7 Å². The summed E-state index contributed by atoms with van der Waals surface area (Å²) in [6, 6.07) is 15.2. The number of Topliss-reactive ketones (excluding diaryl/α,β-unsaturated/α-hetero) is 1. The molecule has 1 amide bonds. The smallest absolute Gasteiger partial charge is 0.295 e. The van der Waals surface area contributed by atoms with E-state index in [1.807, 2.05) is 36.4 Å². The molecule has 2 aliphatic rings. The Balaban J connectivity index is 1.69. The molecule has 32 heavy (non-hydrogen) atoms. The minimum atomic E-state index is -0.599. The number of benzene rings is 2. The topological polar surface area (TPSA) is 73.4 Å². The fourth-order valence-corrected chi connectivity index (χ4v) is 5.21. The van der Waals surface area contributed by atoms with Crippen LogP contribution in [0.4, 0.5) is 0 Å². The number of aromatic nitrogens is 1. The maximum Gasteiger partial charge on any atom is 0.295 e. The molecule has 0 radical (unpaired) electrons. The summed E-state index contributed by atoms with van der Waals surface area (Å²) >= 11 is 0. The summed E-state index contributed by atoms with van der Waals surface area (Å²) in [5, 5.41) is 12.2. The molecule has 1 atom stereocenters. The summed E-state index contributed by atoms with van der Waals surface area (Å²) < 4.78 is 0. The number of aliphatic hydroxyl groups excluding tert-OH is 1. The molecule has 2 heterocycles. The van der Waals surface area contributed by atoms with Gasteiger partial charge in [-0.15, -0.1) is 0 Å². The zero-order valence-electron chi connectivity index (χ0n) is 18.5. The van der Waals surface area contributed by atoms with Crippen molar-refractivity contribution in [2.75, 3.05) is 0 Å². The quantitative estimate of drug-likeness (QED) is 0.320. The second-order valence-corrected chi connectivity index (χ2v) is 9.21. The lowest BCUT2D eigenvalue weighted by Gasteiger charge is -2.31. The Hall–Kier alpha value is -3.34. The van der Waals surface area contributed by atoms with E-state index < -0.39 is 17.7 Å². The summed E-state index contributed by atoms with van der Waals surface area (Å²) in [6.07, 6.45) is 5.59. The normalized spacial score (nSPS) is 21.3. The molecule has 164 valence electrons. The van der Waals surface area contributed by atoms with Gasteiger partial charge in [-0.1, -0.05) is 69.2 Å². The molecule has 0 bridgehead atoms.